The topological polar surface area (TPSA) is 35.5 Å². The predicted molar refractivity (Wildman–Crippen MR) is 46.2 cm³/mol. The van der Waals surface area contributed by atoms with Gasteiger partial charge in [-0.15, -0.1) is 0 Å². The normalized spacial score (nSPS) is 10.0. The second kappa shape index (κ2) is 8.04. The number of hydrogen-bond donors (Lipinski definition) is 1. The monoisotopic (exact) mass is 178 g/mol. The van der Waals surface area contributed by atoms with E-state index < -0.39 is 0 Å². The highest BCUT2D eigenvalue weighted by molar-refractivity contribution is 7.80. The Kier molecular flexibility index (Phi) is 8.00. The van der Waals surface area contributed by atoms with E-state index in [2.05, 4.69) is 12.6 Å². The molecule has 0 aliphatic rings. The number of ketones is 1. The van der Waals surface area contributed by atoms with Crippen LogP contribution in [-0.4, -0.2) is 38.5 Å². The lowest BCUT2D eigenvalue weighted by molar-refractivity contribution is -0.123. The molecule has 11 heavy (non-hydrogen) atoms. The third-order valence-corrected chi connectivity index (χ3v) is 1.31. The van der Waals surface area contributed by atoms with Crippen molar-refractivity contribution in [2.24, 2.45) is 0 Å². The zero-order valence-corrected chi connectivity index (χ0v) is 7.60. The Morgan fingerprint density at radius 3 is 2.73 bits per heavy atom. The van der Waals surface area contributed by atoms with Gasteiger partial charge in [-0.1, -0.05) is 0 Å². The Balaban J connectivity index is 3.04. The van der Waals surface area contributed by atoms with E-state index in [0.29, 0.717) is 25.4 Å². The predicted octanol–water partition coefficient (Wildman–Crippen LogP) is 0.538. The fourth-order valence-corrected chi connectivity index (χ4v) is 0.775. The van der Waals surface area contributed by atoms with E-state index in [4.69, 9.17) is 9.47 Å². The highest BCUT2D eigenvalue weighted by Crippen LogP contribution is 1.87. The van der Waals surface area contributed by atoms with Gasteiger partial charge in [-0.25, -0.2) is 0 Å². The quantitative estimate of drug-likeness (QED) is 0.456. The smallest absolute Gasteiger partial charge is 0.159 e. The molecule has 0 atom stereocenters. The maximum Gasteiger partial charge on any atom is 0.159 e. The number of hydrogen-bond acceptors (Lipinski definition) is 4. The summed E-state index contributed by atoms with van der Waals surface area (Å²) in [6, 6.07) is 0. The van der Waals surface area contributed by atoms with E-state index in [1.54, 1.807) is 7.11 Å². The summed E-state index contributed by atoms with van der Waals surface area (Å²) in [5.41, 5.74) is 0. The molecule has 0 aromatic heterocycles. The first-order valence-electron chi connectivity index (χ1n) is 3.50. The first-order valence-corrected chi connectivity index (χ1v) is 4.13. The molecular formula is C7H14O3S. The van der Waals surface area contributed by atoms with Crippen molar-refractivity contribution < 1.29 is 14.3 Å². The summed E-state index contributed by atoms with van der Waals surface area (Å²) >= 11 is 3.92. The van der Waals surface area contributed by atoms with Crippen molar-refractivity contribution in [3.63, 3.8) is 0 Å². The van der Waals surface area contributed by atoms with E-state index in [9.17, 15) is 4.79 Å². The summed E-state index contributed by atoms with van der Waals surface area (Å²) in [4.78, 5) is 10.8. The molecule has 0 aromatic carbocycles. The van der Waals surface area contributed by atoms with Gasteiger partial charge in [0.25, 0.3) is 0 Å². The fraction of sp³-hybridized carbons (Fsp3) is 0.857. The average molecular weight is 178 g/mol. The average Bonchev–Trinajstić information content (AvgIpc) is 1.99. The third kappa shape index (κ3) is 7.84. The fourth-order valence-electron chi connectivity index (χ4n) is 0.525. The molecule has 0 aromatic rings. The van der Waals surface area contributed by atoms with Crippen molar-refractivity contribution >= 4 is 18.4 Å². The first-order chi connectivity index (χ1) is 5.31. The highest BCUT2D eigenvalue weighted by Gasteiger charge is 1.98. The molecule has 0 saturated carbocycles. The van der Waals surface area contributed by atoms with Crippen LogP contribution in [0.25, 0.3) is 0 Å². The number of methoxy groups -OCH3 is 1. The molecule has 0 radical (unpaired) electrons. The van der Waals surface area contributed by atoms with Gasteiger partial charge in [0.15, 0.2) is 5.78 Å². The summed E-state index contributed by atoms with van der Waals surface area (Å²) < 4.78 is 9.71. The van der Waals surface area contributed by atoms with Crippen molar-refractivity contribution in [1.29, 1.82) is 0 Å². The number of carbonyl (C=O) groups excluding carboxylic acids is 1. The van der Waals surface area contributed by atoms with Crippen molar-refractivity contribution in [1.82, 2.24) is 0 Å². The van der Waals surface area contributed by atoms with E-state index in [-0.39, 0.29) is 12.4 Å². The molecule has 0 amide bonds. The van der Waals surface area contributed by atoms with Crippen LogP contribution in [0.4, 0.5) is 0 Å². The lowest BCUT2D eigenvalue weighted by atomic mass is 10.3. The van der Waals surface area contributed by atoms with Crippen molar-refractivity contribution in [2.45, 2.75) is 6.42 Å². The third-order valence-electron chi connectivity index (χ3n) is 1.09. The maximum atomic E-state index is 10.8. The Morgan fingerprint density at radius 2 is 2.18 bits per heavy atom. The second-order valence-corrected chi connectivity index (χ2v) is 2.50. The van der Waals surface area contributed by atoms with Crippen LogP contribution in [0, 0.1) is 0 Å². The van der Waals surface area contributed by atoms with E-state index in [0.717, 1.165) is 0 Å². The van der Waals surface area contributed by atoms with Crippen LogP contribution in [0.1, 0.15) is 6.42 Å². The minimum Gasteiger partial charge on any atom is -0.382 e. The summed E-state index contributed by atoms with van der Waals surface area (Å²) in [7, 11) is 1.60. The molecule has 0 unspecified atom stereocenters. The SMILES string of the molecule is COCCOCC(=O)CCS. The molecule has 0 spiro atoms. The molecular weight excluding hydrogens is 164 g/mol. The van der Waals surface area contributed by atoms with Crippen LogP contribution in [-0.2, 0) is 14.3 Å². The van der Waals surface area contributed by atoms with Crippen LogP contribution in [0.15, 0.2) is 0 Å². The second-order valence-electron chi connectivity index (χ2n) is 2.06. The minimum absolute atomic E-state index is 0.0936. The van der Waals surface area contributed by atoms with Crippen molar-refractivity contribution in [3.05, 3.63) is 0 Å². The van der Waals surface area contributed by atoms with Crippen LogP contribution >= 0.6 is 12.6 Å². The standard InChI is InChI=1S/C7H14O3S/c1-9-3-4-10-6-7(8)2-5-11/h11H,2-6H2,1H3. The van der Waals surface area contributed by atoms with Crippen LogP contribution in [0.5, 0.6) is 0 Å². The van der Waals surface area contributed by atoms with Gasteiger partial charge in [0.2, 0.25) is 0 Å². The molecule has 0 aliphatic heterocycles. The highest BCUT2D eigenvalue weighted by atomic mass is 32.1. The van der Waals surface area contributed by atoms with E-state index >= 15 is 0 Å². The molecule has 0 aliphatic carbocycles. The summed E-state index contributed by atoms with van der Waals surface area (Å²) in [5, 5.41) is 0. The van der Waals surface area contributed by atoms with Crippen molar-refractivity contribution in [2.75, 3.05) is 32.7 Å². The molecule has 0 heterocycles. The lowest BCUT2D eigenvalue weighted by Crippen LogP contribution is -2.11. The summed E-state index contributed by atoms with van der Waals surface area (Å²) in [6.07, 6.45) is 0.482. The van der Waals surface area contributed by atoms with Crippen LogP contribution < -0.4 is 0 Å². The first kappa shape index (κ1) is 10.9. The Morgan fingerprint density at radius 1 is 1.45 bits per heavy atom. The van der Waals surface area contributed by atoms with Gasteiger partial charge in [-0.3, -0.25) is 4.79 Å². The number of Topliss-reactive ketones (excluding diaryl/α,β-unsaturated/α-hetero) is 1. The minimum atomic E-state index is 0.0936. The van der Waals surface area contributed by atoms with Gasteiger partial charge < -0.3 is 9.47 Å². The van der Waals surface area contributed by atoms with E-state index in [1.165, 1.54) is 0 Å². The molecule has 4 heteroatoms. The maximum absolute atomic E-state index is 10.8. The lowest BCUT2D eigenvalue weighted by Gasteiger charge is -2.00. The van der Waals surface area contributed by atoms with E-state index in [1.807, 2.05) is 0 Å². The number of carbonyl (C=O) groups is 1. The summed E-state index contributed by atoms with van der Waals surface area (Å²) in [6.45, 7) is 1.20. The zero-order chi connectivity index (χ0) is 8.53. The van der Waals surface area contributed by atoms with Crippen molar-refractivity contribution in [3.8, 4) is 0 Å². The molecule has 0 N–H and O–H groups in total. The molecule has 0 rings (SSSR count). The Bertz CT molecular complexity index is 106. The zero-order valence-electron chi connectivity index (χ0n) is 6.71. The number of rotatable bonds is 7. The number of ether oxygens (including phenoxy) is 2. The van der Waals surface area contributed by atoms with Gasteiger partial charge in [0, 0.05) is 13.5 Å². The molecule has 0 fully saturated rings. The molecule has 0 bridgehead atoms. The largest absolute Gasteiger partial charge is 0.382 e. The molecule has 3 nitrogen and oxygen atoms in total. The van der Waals surface area contributed by atoms with Gasteiger partial charge in [0.05, 0.1) is 13.2 Å². The Hall–Kier alpha value is -0.0600. The van der Waals surface area contributed by atoms with Gasteiger partial charge in [-0.05, 0) is 5.75 Å². The van der Waals surface area contributed by atoms with Crippen LogP contribution in [0.2, 0.25) is 0 Å². The molecule has 0 saturated heterocycles. The van der Waals surface area contributed by atoms with Gasteiger partial charge in [0.1, 0.15) is 6.61 Å². The van der Waals surface area contributed by atoms with Gasteiger partial charge >= 0.3 is 0 Å². The Labute approximate surface area is 72.5 Å². The molecule has 66 valence electrons. The number of thiol groups is 1. The van der Waals surface area contributed by atoms with Gasteiger partial charge in [-0.2, -0.15) is 12.6 Å². The summed E-state index contributed by atoms with van der Waals surface area (Å²) in [5.74, 6) is 0.683. The van der Waals surface area contributed by atoms with Crippen LogP contribution in [0.3, 0.4) is 0 Å².